The number of hydrogen-bond acceptors (Lipinski definition) is 4. The van der Waals surface area contributed by atoms with Crippen LogP contribution in [-0.2, 0) is 5.75 Å². The van der Waals surface area contributed by atoms with Gasteiger partial charge in [-0.05, 0) is 23.8 Å². The van der Waals surface area contributed by atoms with Crippen LogP contribution in [0, 0.1) is 0 Å². The van der Waals surface area contributed by atoms with Gasteiger partial charge in [0.05, 0.1) is 11.9 Å². The monoisotopic (exact) mass is 232 g/mol. The van der Waals surface area contributed by atoms with Crippen molar-refractivity contribution in [3.05, 3.63) is 48.3 Å². The molecule has 4 heteroatoms. The fourth-order valence-electron chi connectivity index (χ4n) is 1.28. The van der Waals surface area contributed by atoms with Crippen LogP contribution in [0.5, 0.6) is 5.75 Å². The normalized spacial score (nSPS) is 10.2. The molecule has 0 saturated carbocycles. The number of rotatable bonds is 3. The summed E-state index contributed by atoms with van der Waals surface area (Å²) < 4.78 is 0. The Morgan fingerprint density at radius 1 is 1.19 bits per heavy atom. The average molecular weight is 232 g/mol. The smallest absolute Gasteiger partial charge is 0.115 e. The molecule has 0 radical (unpaired) electrons. The van der Waals surface area contributed by atoms with E-state index in [1.54, 1.807) is 36.3 Å². The van der Waals surface area contributed by atoms with E-state index < -0.39 is 0 Å². The van der Waals surface area contributed by atoms with Gasteiger partial charge in [0.15, 0.2) is 0 Å². The van der Waals surface area contributed by atoms with E-state index in [9.17, 15) is 0 Å². The number of anilines is 1. The average Bonchev–Trinajstić information content (AvgIpc) is 2.30. The van der Waals surface area contributed by atoms with Gasteiger partial charge in [-0.1, -0.05) is 12.1 Å². The minimum absolute atomic E-state index is 0.289. The molecule has 0 atom stereocenters. The molecule has 0 aliphatic heterocycles. The van der Waals surface area contributed by atoms with E-state index in [2.05, 4.69) is 4.98 Å². The molecule has 2 rings (SSSR count). The van der Waals surface area contributed by atoms with Crippen molar-refractivity contribution in [2.75, 3.05) is 5.73 Å². The molecule has 3 N–H and O–H groups in total. The number of hydrogen-bond donors (Lipinski definition) is 2. The lowest BCUT2D eigenvalue weighted by Crippen LogP contribution is -1.89. The van der Waals surface area contributed by atoms with Gasteiger partial charge < -0.3 is 10.8 Å². The number of pyridine rings is 1. The SMILES string of the molecule is Nc1cnccc1SCc1ccc(O)cc1. The summed E-state index contributed by atoms with van der Waals surface area (Å²) in [5.74, 6) is 1.12. The first-order valence-electron chi connectivity index (χ1n) is 4.86. The number of aromatic hydroxyl groups is 1. The molecule has 0 aliphatic rings. The summed E-state index contributed by atoms with van der Waals surface area (Å²) in [7, 11) is 0. The molecular weight excluding hydrogens is 220 g/mol. The first-order valence-corrected chi connectivity index (χ1v) is 5.84. The van der Waals surface area contributed by atoms with Gasteiger partial charge in [0, 0.05) is 16.8 Å². The Hall–Kier alpha value is -1.68. The number of benzene rings is 1. The molecule has 1 aromatic carbocycles. The van der Waals surface area contributed by atoms with Crippen LogP contribution in [0.1, 0.15) is 5.56 Å². The molecule has 0 fully saturated rings. The Morgan fingerprint density at radius 2 is 1.94 bits per heavy atom. The van der Waals surface area contributed by atoms with E-state index in [-0.39, 0.29) is 5.75 Å². The van der Waals surface area contributed by atoms with Crippen LogP contribution in [-0.4, -0.2) is 10.1 Å². The highest BCUT2D eigenvalue weighted by Crippen LogP contribution is 2.27. The van der Waals surface area contributed by atoms with Gasteiger partial charge in [-0.25, -0.2) is 0 Å². The summed E-state index contributed by atoms with van der Waals surface area (Å²) in [6.45, 7) is 0. The van der Waals surface area contributed by atoms with Crippen molar-refractivity contribution in [3.8, 4) is 5.75 Å². The van der Waals surface area contributed by atoms with Crippen molar-refractivity contribution in [3.63, 3.8) is 0 Å². The number of phenolic OH excluding ortho intramolecular Hbond substituents is 1. The third kappa shape index (κ3) is 2.67. The minimum atomic E-state index is 0.289. The standard InChI is InChI=1S/C12H12N2OS/c13-11-7-14-6-5-12(11)16-8-9-1-3-10(15)4-2-9/h1-7,15H,8,13H2. The zero-order valence-corrected chi connectivity index (χ0v) is 9.45. The molecule has 0 unspecified atom stereocenters. The van der Waals surface area contributed by atoms with E-state index in [0.717, 1.165) is 16.2 Å². The second-order valence-corrected chi connectivity index (χ2v) is 4.39. The summed E-state index contributed by atoms with van der Waals surface area (Å²) in [6, 6.07) is 9.08. The van der Waals surface area contributed by atoms with E-state index in [0.29, 0.717) is 5.69 Å². The van der Waals surface area contributed by atoms with Gasteiger partial charge >= 0.3 is 0 Å². The summed E-state index contributed by atoms with van der Waals surface area (Å²) in [5, 5.41) is 9.15. The highest BCUT2D eigenvalue weighted by Gasteiger charge is 2.00. The van der Waals surface area contributed by atoms with Crippen LogP contribution in [0.2, 0.25) is 0 Å². The first kappa shape index (κ1) is 10.8. The Labute approximate surface area is 98.3 Å². The van der Waals surface area contributed by atoms with Crippen LogP contribution in [0.4, 0.5) is 5.69 Å². The van der Waals surface area contributed by atoms with Crippen molar-refractivity contribution in [2.45, 2.75) is 10.6 Å². The van der Waals surface area contributed by atoms with Crippen molar-refractivity contribution < 1.29 is 5.11 Å². The number of nitrogen functional groups attached to an aromatic ring is 1. The van der Waals surface area contributed by atoms with Crippen molar-refractivity contribution in [1.29, 1.82) is 0 Å². The van der Waals surface area contributed by atoms with Crippen LogP contribution >= 0.6 is 11.8 Å². The number of nitrogens with zero attached hydrogens (tertiary/aromatic N) is 1. The van der Waals surface area contributed by atoms with Crippen molar-refractivity contribution in [1.82, 2.24) is 4.98 Å². The maximum Gasteiger partial charge on any atom is 0.115 e. The molecule has 82 valence electrons. The Morgan fingerprint density at radius 3 is 2.62 bits per heavy atom. The third-order valence-electron chi connectivity index (χ3n) is 2.14. The topological polar surface area (TPSA) is 59.1 Å². The lowest BCUT2D eigenvalue weighted by molar-refractivity contribution is 0.475. The molecule has 1 aromatic heterocycles. The minimum Gasteiger partial charge on any atom is -0.508 e. The third-order valence-corrected chi connectivity index (χ3v) is 3.30. The highest BCUT2D eigenvalue weighted by molar-refractivity contribution is 7.98. The molecule has 0 amide bonds. The van der Waals surface area contributed by atoms with Crippen LogP contribution in [0.15, 0.2) is 47.6 Å². The number of nitrogens with two attached hydrogens (primary N) is 1. The molecule has 0 spiro atoms. The van der Waals surface area contributed by atoms with E-state index in [4.69, 9.17) is 10.8 Å². The largest absolute Gasteiger partial charge is 0.508 e. The lowest BCUT2D eigenvalue weighted by atomic mass is 10.2. The highest BCUT2D eigenvalue weighted by atomic mass is 32.2. The fraction of sp³-hybridized carbons (Fsp3) is 0.0833. The van der Waals surface area contributed by atoms with Crippen LogP contribution < -0.4 is 5.73 Å². The number of thioether (sulfide) groups is 1. The Bertz CT molecular complexity index is 471. The molecule has 0 aliphatic carbocycles. The summed E-state index contributed by atoms with van der Waals surface area (Å²) in [4.78, 5) is 4.97. The maximum atomic E-state index is 9.15. The predicted octanol–water partition coefficient (Wildman–Crippen LogP) is 2.66. The van der Waals surface area contributed by atoms with Crippen LogP contribution in [0.3, 0.4) is 0 Å². The molecule has 0 saturated heterocycles. The van der Waals surface area contributed by atoms with Gasteiger partial charge in [-0.2, -0.15) is 0 Å². The zero-order valence-electron chi connectivity index (χ0n) is 8.63. The quantitative estimate of drug-likeness (QED) is 0.799. The van der Waals surface area contributed by atoms with E-state index >= 15 is 0 Å². The molecule has 2 aromatic rings. The number of aromatic nitrogens is 1. The van der Waals surface area contributed by atoms with E-state index in [1.807, 2.05) is 18.2 Å². The van der Waals surface area contributed by atoms with Gasteiger partial charge in [-0.15, -0.1) is 11.8 Å². The zero-order chi connectivity index (χ0) is 11.4. The van der Waals surface area contributed by atoms with Gasteiger partial charge in [-0.3, -0.25) is 4.98 Å². The van der Waals surface area contributed by atoms with Crippen molar-refractivity contribution in [2.24, 2.45) is 0 Å². The van der Waals surface area contributed by atoms with Gasteiger partial charge in [0.25, 0.3) is 0 Å². The first-order chi connectivity index (χ1) is 7.75. The molecule has 1 heterocycles. The van der Waals surface area contributed by atoms with Gasteiger partial charge in [0.1, 0.15) is 5.75 Å². The van der Waals surface area contributed by atoms with Gasteiger partial charge in [0.2, 0.25) is 0 Å². The molecular formula is C12H12N2OS. The number of phenols is 1. The molecule has 0 bridgehead atoms. The van der Waals surface area contributed by atoms with Crippen molar-refractivity contribution >= 4 is 17.4 Å². The summed E-state index contributed by atoms with van der Waals surface area (Å²) in [6.07, 6.45) is 3.38. The second-order valence-electron chi connectivity index (χ2n) is 3.37. The molecule has 16 heavy (non-hydrogen) atoms. The second kappa shape index (κ2) is 4.90. The summed E-state index contributed by atoms with van der Waals surface area (Å²) in [5.41, 5.74) is 7.64. The molecule has 3 nitrogen and oxygen atoms in total. The summed E-state index contributed by atoms with van der Waals surface area (Å²) >= 11 is 1.66. The van der Waals surface area contributed by atoms with Crippen LogP contribution in [0.25, 0.3) is 0 Å². The fourth-order valence-corrected chi connectivity index (χ4v) is 2.17. The predicted molar refractivity (Wildman–Crippen MR) is 66.3 cm³/mol. The lowest BCUT2D eigenvalue weighted by Gasteiger charge is -2.04. The Kier molecular flexibility index (Phi) is 3.31. The maximum absolute atomic E-state index is 9.15. The van der Waals surface area contributed by atoms with E-state index in [1.165, 1.54) is 0 Å². The Balaban J connectivity index is 2.02.